The SMILES string of the molecule is C[C@@H](SCc1ccccc1)C(=O)NCCc1nnc2ccccn12. The van der Waals surface area contributed by atoms with Gasteiger partial charge < -0.3 is 5.32 Å². The van der Waals surface area contributed by atoms with Crippen molar-refractivity contribution in [2.45, 2.75) is 24.3 Å². The number of rotatable bonds is 7. The lowest BCUT2D eigenvalue weighted by atomic mass is 10.2. The number of fused-ring (bicyclic) bond motifs is 1. The Morgan fingerprint density at radius 2 is 1.96 bits per heavy atom. The van der Waals surface area contributed by atoms with Crippen molar-refractivity contribution in [1.29, 1.82) is 0 Å². The first kappa shape index (κ1) is 16.5. The molecule has 0 aliphatic heterocycles. The Morgan fingerprint density at radius 1 is 1.17 bits per heavy atom. The van der Waals surface area contributed by atoms with Gasteiger partial charge in [-0.25, -0.2) is 0 Å². The molecule has 1 N–H and O–H groups in total. The van der Waals surface area contributed by atoms with E-state index in [0.717, 1.165) is 17.2 Å². The van der Waals surface area contributed by atoms with Gasteiger partial charge in [-0.2, -0.15) is 0 Å². The van der Waals surface area contributed by atoms with Crippen LogP contribution in [-0.4, -0.2) is 32.3 Å². The zero-order chi connectivity index (χ0) is 16.8. The van der Waals surface area contributed by atoms with E-state index in [1.165, 1.54) is 5.56 Å². The van der Waals surface area contributed by atoms with Gasteiger partial charge in [-0.05, 0) is 24.6 Å². The van der Waals surface area contributed by atoms with Gasteiger partial charge in [0.05, 0.1) is 5.25 Å². The number of nitrogens with one attached hydrogen (secondary N) is 1. The maximum Gasteiger partial charge on any atom is 0.232 e. The van der Waals surface area contributed by atoms with Crippen molar-refractivity contribution < 1.29 is 4.79 Å². The number of benzene rings is 1. The molecule has 1 aromatic carbocycles. The maximum absolute atomic E-state index is 12.2. The summed E-state index contributed by atoms with van der Waals surface area (Å²) < 4.78 is 1.94. The lowest BCUT2D eigenvalue weighted by Crippen LogP contribution is -2.32. The number of aromatic nitrogens is 3. The molecule has 0 unspecified atom stereocenters. The van der Waals surface area contributed by atoms with E-state index in [1.54, 1.807) is 11.8 Å². The summed E-state index contributed by atoms with van der Waals surface area (Å²) in [7, 11) is 0. The van der Waals surface area contributed by atoms with Gasteiger partial charge in [0, 0.05) is 24.9 Å². The Hall–Kier alpha value is -2.34. The van der Waals surface area contributed by atoms with Crippen LogP contribution in [0.5, 0.6) is 0 Å². The van der Waals surface area contributed by atoms with Crippen molar-refractivity contribution >= 4 is 23.3 Å². The molecule has 3 rings (SSSR count). The second-order valence-electron chi connectivity index (χ2n) is 5.52. The molecule has 1 atom stereocenters. The lowest BCUT2D eigenvalue weighted by molar-refractivity contribution is -0.120. The summed E-state index contributed by atoms with van der Waals surface area (Å²) in [5.41, 5.74) is 2.06. The Bertz CT molecular complexity index is 803. The molecule has 24 heavy (non-hydrogen) atoms. The Morgan fingerprint density at radius 3 is 2.79 bits per heavy atom. The second kappa shape index (κ2) is 7.97. The van der Waals surface area contributed by atoms with E-state index in [4.69, 9.17) is 0 Å². The second-order valence-corrected chi connectivity index (χ2v) is 6.85. The van der Waals surface area contributed by atoms with E-state index < -0.39 is 0 Å². The number of carbonyl (C=O) groups is 1. The molecule has 0 radical (unpaired) electrons. The summed E-state index contributed by atoms with van der Waals surface area (Å²) in [4.78, 5) is 12.2. The van der Waals surface area contributed by atoms with Gasteiger partial charge in [0.1, 0.15) is 5.82 Å². The van der Waals surface area contributed by atoms with Crippen LogP contribution in [0, 0.1) is 0 Å². The predicted molar refractivity (Wildman–Crippen MR) is 96.9 cm³/mol. The number of nitrogens with zero attached hydrogens (tertiary/aromatic N) is 3. The van der Waals surface area contributed by atoms with Crippen LogP contribution in [0.2, 0.25) is 0 Å². The third-order valence-corrected chi connectivity index (χ3v) is 4.96. The quantitative estimate of drug-likeness (QED) is 0.718. The van der Waals surface area contributed by atoms with Gasteiger partial charge in [-0.1, -0.05) is 36.4 Å². The molecule has 0 aliphatic carbocycles. The van der Waals surface area contributed by atoms with E-state index in [0.29, 0.717) is 13.0 Å². The minimum absolute atomic E-state index is 0.0600. The van der Waals surface area contributed by atoms with Crippen molar-refractivity contribution in [3.63, 3.8) is 0 Å². The summed E-state index contributed by atoms with van der Waals surface area (Å²) in [6.45, 7) is 2.50. The van der Waals surface area contributed by atoms with Gasteiger partial charge in [-0.15, -0.1) is 22.0 Å². The van der Waals surface area contributed by atoms with Crippen molar-refractivity contribution in [2.75, 3.05) is 6.54 Å². The van der Waals surface area contributed by atoms with Crippen LogP contribution >= 0.6 is 11.8 Å². The van der Waals surface area contributed by atoms with Gasteiger partial charge in [0.2, 0.25) is 5.91 Å². The third kappa shape index (κ3) is 4.14. The summed E-state index contributed by atoms with van der Waals surface area (Å²) in [6, 6.07) is 16.0. The summed E-state index contributed by atoms with van der Waals surface area (Å²) in [5, 5.41) is 11.2. The highest BCUT2D eigenvalue weighted by molar-refractivity contribution is 7.99. The molecule has 5 nitrogen and oxygen atoms in total. The van der Waals surface area contributed by atoms with Crippen LogP contribution in [0.25, 0.3) is 5.65 Å². The number of thioether (sulfide) groups is 1. The Labute approximate surface area is 145 Å². The molecule has 0 bridgehead atoms. The summed E-state index contributed by atoms with van der Waals surface area (Å²) in [5.74, 6) is 1.75. The standard InChI is InChI=1S/C18H20N4OS/c1-14(24-13-15-7-3-2-4-8-15)18(23)19-11-10-17-21-20-16-9-5-6-12-22(16)17/h2-9,12,14H,10-11,13H2,1H3,(H,19,23)/t14-/m1/s1. The molecule has 6 heteroatoms. The van der Waals surface area contributed by atoms with Gasteiger partial charge in [0.25, 0.3) is 0 Å². The fourth-order valence-corrected chi connectivity index (χ4v) is 3.24. The number of pyridine rings is 1. The minimum Gasteiger partial charge on any atom is -0.355 e. The molecule has 124 valence electrons. The van der Waals surface area contributed by atoms with Crippen molar-refractivity contribution in [1.82, 2.24) is 19.9 Å². The fraction of sp³-hybridized carbons (Fsp3) is 0.278. The number of amides is 1. The third-order valence-electron chi connectivity index (χ3n) is 3.74. The average molecular weight is 340 g/mol. The first-order valence-electron chi connectivity index (χ1n) is 7.96. The van der Waals surface area contributed by atoms with E-state index >= 15 is 0 Å². The van der Waals surface area contributed by atoms with E-state index in [-0.39, 0.29) is 11.2 Å². The Balaban J connectivity index is 1.45. The Kier molecular flexibility index (Phi) is 5.48. The molecule has 0 saturated carbocycles. The molecular formula is C18H20N4OS. The molecule has 0 saturated heterocycles. The van der Waals surface area contributed by atoms with E-state index in [1.807, 2.05) is 53.9 Å². The monoisotopic (exact) mass is 340 g/mol. The molecule has 0 fully saturated rings. The van der Waals surface area contributed by atoms with E-state index in [2.05, 4.69) is 27.6 Å². The molecule has 3 aromatic rings. The highest BCUT2D eigenvalue weighted by Gasteiger charge is 2.13. The van der Waals surface area contributed by atoms with Gasteiger partial charge >= 0.3 is 0 Å². The normalized spacial score (nSPS) is 12.2. The average Bonchev–Trinajstić information content (AvgIpc) is 3.04. The zero-order valence-electron chi connectivity index (χ0n) is 13.6. The maximum atomic E-state index is 12.2. The predicted octanol–water partition coefficient (Wildman–Crippen LogP) is 2.71. The molecule has 2 aromatic heterocycles. The summed E-state index contributed by atoms with van der Waals surface area (Å²) >= 11 is 1.64. The smallest absolute Gasteiger partial charge is 0.232 e. The molecule has 0 aliphatic rings. The van der Waals surface area contributed by atoms with Crippen LogP contribution < -0.4 is 5.32 Å². The van der Waals surface area contributed by atoms with Crippen molar-refractivity contribution in [2.24, 2.45) is 0 Å². The minimum atomic E-state index is -0.0830. The topological polar surface area (TPSA) is 59.3 Å². The molecule has 0 spiro atoms. The van der Waals surface area contributed by atoms with Crippen LogP contribution in [-0.2, 0) is 17.0 Å². The highest BCUT2D eigenvalue weighted by atomic mass is 32.2. The fourth-order valence-electron chi connectivity index (χ4n) is 2.37. The summed E-state index contributed by atoms with van der Waals surface area (Å²) in [6.07, 6.45) is 2.60. The molecule has 1 amide bonds. The zero-order valence-corrected chi connectivity index (χ0v) is 14.4. The van der Waals surface area contributed by atoms with Crippen LogP contribution in [0.4, 0.5) is 0 Å². The van der Waals surface area contributed by atoms with Gasteiger partial charge in [0.15, 0.2) is 5.65 Å². The number of hydrogen-bond acceptors (Lipinski definition) is 4. The molecular weight excluding hydrogens is 320 g/mol. The van der Waals surface area contributed by atoms with Crippen molar-refractivity contribution in [3.8, 4) is 0 Å². The first-order valence-corrected chi connectivity index (χ1v) is 9.01. The van der Waals surface area contributed by atoms with Crippen LogP contribution in [0.3, 0.4) is 0 Å². The highest BCUT2D eigenvalue weighted by Crippen LogP contribution is 2.17. The first-order chi connectivity index (χ1) is 11.7. The van der Waals surface area contributed by atoms with E-state index in [9.17, 15) is 4.79 Å². The molecule has 2 heterocycles. The van der Waals surface area contributed by atoms with Crippen LogP contribution in [0.15, 0.2) is 54.7 Å². The van der Waals surface area contributed by atoms with Crippen LogP contribution in [0.1, 0.15) is 18.3 Å². The number of hydrogen-bond donors (Lipinski definition) is 1. The van der Waals surface area contributed by atoms with Gasteiger partial charge in [-0.3, -0.25) is 9.20 Å². The van der Waals surface area contributed by atoms with Crippen molar-refractivity contribution in [3.05, 3.63) is 66.1 Å². The number of carbonyl (C=O) groups excluding carboxylic acids is 1. The largest absolute Gasteiger partial charge is 0.355 e. The lowest BCUT2D eigenvalue weighted by Gasteiger charge is -2.11.